The molecule has 0 bridgehead atoms. The first-order chi connectivity index (χ1) is 12.1. The fourth-order valence-electron chi connectivity index (χ4n) is 3.00. The Hall–Kier alpha value is -2.56. The summed E-state index contributed by atoms with van der Waals surface area (Å²) in [5.74, 6) is 0.462. The zero-order chi connectivity index (χ0) is 17.4. The summed E-state index contributed by atoms with van der Waals surface area (Å²) in [7, 11) is 0. The Kier molecular flexibility index (Phi) is 4.07. The topological polar surface area (TPSA) is 63.8 Å². The number of nitrogens with one attached hydrogen (secondary N) is 1. The Bertz CT molecular complexity index is 1030. The highest BCUT2D eigenvalue weighted by atomic mass is 35.5. The van der Waals surface area contributed by atoms with E-state index in [-0.39, 0.29) is 6.04 Å². The molecule has 1 aromatic heterocycles. The van der Waals surface area contributed by atoms with Gasteiger partial charge in [0.25, 0.3) is 0 Å². The lowest BCUT2D eigenvalue weighted by Gasteiger charge is -2.25. The maximum Gasteiger partial charge on any atom is 0.134 e. The van der Waals surface area contributed by atoms with Crippen LogP contribution in [0.15, 0.2) is 61.1 Å². The molecule has 1 aliphatic rings. The first kappa shape index (κ1) is 15.9. The van der Waals surface area contributed by atoms with E-state index < -0.39 is 0 Å². The zero-order valence-corrected chi connectivity index (χ0v) is 14.6. The number of nitrogens with zero attached hydrogens (tertiary/aromatic N) is 2. The Labute approximate surface area is 155 Å². The second-order valence-electron chi connectivity index (χ2n) is 5.74. The minimum Gasteiger partial charge on any atom is -0.383 e. The van der Waals surface area contributed by atoms with Gasteiger partial charge in [-0.3, -0.25) is 0 Å². The summed E-state index contributed by atoms with van der Waals surface area (Å²) in [6.07, 6.45) is 7.37. The molecule has 0 radical (unpaired) electrons. The maximum atomic E-state index is 6.41. The van der Waals surface area contributed by atoms with Crippen LogP contribution in [0.2, 0.25) is 10.0 Å². The van der Waals surface area contributed by atoms with Gasteiger partial charge in [0, 0.05) is 15.4 Å². The maximum absolute atomic E-state index is 6.41. The van der Waals surface area contributed by atoms with Gasteiger partial charge >= 0.3 is 0 Å². The average molecular weight is 369 g/mol. The monoisotopic (exact) mass is 368 g/mol. The Morgan fingerprint density at radius 3 is 2.80 bits per heavy atom. The second-order valence-corrected chi connectivity index (χ2v) is 6.58. The lowest BCUT2D eigenvalue weighted by atomic mass is 9.90. The van der Waals surface area contributed by atoms with Gasteiger partial charge in [-0.2, -0.15) is 0 Å². The molecular weight excluding hydrogens is 355 g/mol. The highest BCUT2D eigenvalue weighted by Crippen LogP contribution is 2.37. The quantitative estimate of drug-likeness (QED) is 0.684. The molecule has 2 heterocycles. The first-order valence-electron chi connectivity index (χ1n) is 7.72. The number of nitrogen functional groups attached to an aromatic ring is 1. The third kappa shape index (κ3) is 2.95. The van der Waals surface area contributed by atoms with Crippen molar-refractivity contribution in [1.29, 1.82) is 0 Å². The van der Waals surface area contributed by atoms with Crippen molar-refractivity contribution in [3.63, 3.8) is 0 Å². The van der Waals surface area contributed by atoms with E-state index >= 15 is 0 Å². The van der Waals surface area contributed by atoms with Crippen molar-refractivity contribution >= 4 is 45.5 Å². The van der Waals surface area contributed by atoms with Gasteiger partial charge in [-0.1, -0.05) is 35.3 Å². The lowest BCUT2D eigenvalue weighted by molar-refractivity contribution is 0.765. The van der Waals surface area contributed by atoms with Gasteiger partial charge in [0.1, 0.15) is 12.1 Å². The molecule has 25 heavy (non-hydrogen) atoms. The molecule has 4 rings (SSSR count). The molecule has 0 saturated heterocycles. The standard InChI is InChI=1S/C19H14Cl2N4/c20-12-4-5-16(21)14(9-12)18-13(2-1-7-23-18)11-3-6-17-15(8-11)19(22)25-10-24-17/h1-10,18,23H,(H2,22,24,25). The van der Waals surface area contributed by atoms with E-state index in [0.29, 0.717) is 15.9 Å². The molecule has 3 N–H and O–H groups in total. The van der Waals surface area contributed by atoms with Gasteiger partial charge in [-0.15, -0.1) is 0 Å². The largest absolute Gasteiger partial charge is 0.383 e. The summed E-state index contributed by atoms with van der Waals surface area (Å²) in [6, 6.07) is 11.3. The summed E-state index contributed by atoms with van der Waals surface area (Å²) < 4.78 is 0. The number of rotatable bonds is 2. The zero-order valence-electron chi connectivity index (χ0n) is 13.1. The SMILES string of the molecule is Nc1ncnc2ccc(C3=CC=CNC3c3cc(Cl)ccc3Cl)cc12. The van der Waals surface area contributed by atoms with Crippen molar-refractivity contribution in [2.75, 3.05) is 5.73 Å². The number of hydrogen-bond acceptors (Lipinski definition) is 4. The van der Waals surface area contributed by atoms with Crippen LogP contribution in [0.5, 0.6) is 0 Å². The van der Waals surface area contributed by atoms with Crippen LogP contribution in [0.3, 0.4) is 0 Å². The molecule has 1 unspecified atom stereocenters. The highest BCUT2D eigenvalue weighted by molar-refractivity contribution is 6.33. The number of allylic oxidation sites excluding steroid dienone is 2. The fraction of sp³-hybridized carbons (Fsp3) is 0.0526. The smallest absolute Gasteiger partial charge is 0.134 e. The molecule has 0 spiro atoms. The minimum atomic E-state index is -0.112. The van der Waals surface area contributed by atoms with Crippen LogP contribution in [0.25, 0.3) is 16.5 Å². The number of hydrogen-bond donors (Lipinski definition) is 2. The van der Waals surface area contributed by atoms with Gasteiger partial charge in [-0.25, -0.2) is 9.97 Å². The van der Waals surface area contributed by atoms with Crippen molar-refractivity contribution in [2.24, 2.45) is 0 Å². The number of anilines is 1. The second kappa shape index (κ2) is 6.39. The Morgan fingerprint density at radius 2 is 1.92 bits per heavy atom. The van der Waals surface area contributed by atoms with Crippen LogP contribution < -0.4 is 11.1 Å². The van der Waals surface area contributed by atoms with Crippen molar-refractivity contribution < 1.29 is 0 Å². The molecule has 6 heteroatoms. The van der Waals surface area contributed by atoms with Crippen LogP contribution in [0.1, 0.15) is 17.2 Å². The molecule has 4 nitrogen and oxygen atoms in total. The van der Waals surface area contributed by atoms with Crippen LogP contribution in [-0.4, -0.2) is 9.97 Å². The molecule has 2 aromatic carbocycles. The fourth-order valence-corrected chi connectivity index (χ4v) is 3.41. The molecule has 0 amide bonds. The predicted octanol–water partition coefficient (Wildman–Crippen LogP) is 4.76. The number of halogens is 2. The minimum absolute atomic E-state index is 0.112. The molecule has 124 valence electrons. The Morgan fingerprint density at radius 1 is 1.04 bits per heavy atom. The molecular formula is C19H14Cl2N4. The molecule has 1 atom stereocenters. The van der Waals surface area contributed by atoms with Crippen LogP contribution in [0, 0.1) is 0 Å². The molecule has 0 saturated carbocycles. The van der Waals surface area contributed by atoms with E-state index in [1.54, 1.807) is 6.07 Å². The van der Waals surface area contributed by atoms with Crippen molar-refractivity contribution in [1.82, 2.24) is 15.3 Å². The Balaban J connectivity index is 1.84. The predicted molar refractivity (Wildman–Crippen MR) is 103 cm³/mol. The van der Waals surface area contributed by atoms with Gasteiger partial charge in [0.2, 0.25) is 0 Å². The summed E-state index contributed by atoms with van der Waals surface area (Å²) in [6.45, 7) is 0. The van der Waals surface area contributed by atoms with Gasteiger partial charge in [-0.05, 0) is 59.3 Å². The molecule has 0 aliphatic carbocycles. The van der Waals surface area contributed by atoms with Crippen LogP contribution in [0.4, 0.5) is 5.82 Å². The first-order valence-corrected chi connectivity index (χ1v) is 8.47. The van der Waals surface area contributed by atoms with E-state index in [1.807, 2.05) is 42.6 Å². The van der Waals surface area contributed by atoms with E-state index in [2.05, 4.69) is 21.4 Å². The average Bonchev–Trinajstić information content (AvgIpc) is 2.64. The van der Waals surface area contributed by atoms with E-state index in [9.17, 15) is 0 Å². The van der Waals surface area contributed by atoms with Gasteiger partial charge in [0.15, 0.2) is 0 Å². The van der Waals surface area contributed by atoms with Crippen molar-refractivity contribution in [2.45, 2.75) is 6.04 Å². The summed E-state index contributed by atoms with van der Waals surface area (Å²) >= 11 is 12.6. The number of nitrogens with two attached hydrogens (primary N) is 1. The third-order valence-corrected chi connectivity index (χ3v) is 4.79. The number of fused-ring (bicyclic) bond motifs is 1. The normalized spacial score (nSPS) is 16.6. The van der Waals surface area contributed by atoms with Gasteiger partial charge in [0.05, 0.1) is 11.6 Å². The molecule has 0 fully saturated rings. The lowest BCUT2D eigenvalue weighted by Crippen LogP contribution is -2.20. The van der Waals surface area contributed by atoms with Gasteiger partial charge < -0.3 is 11.1 Å². The number of benzene rings is 2. The van der Waals surface area contributed by atoms with E-state index in [4.69, 9.17) is 28.9 Å². The van der Waals surface area contributed by atoms with Crippen molar-refractivity contribution in [3.8, 4) is 0 Å². The summed E-state index contributed by atoms with van der Waals surface area (Å²) in [4.78, 5) is 8.33. The number of dihydropyridines is 1. The highest BCUT2D eigenvalue weighted by Gasteiger charge is 2.22. The molecule has 1 aliphatic heterocycles. The summed E-state index contributed by atoms with van der Waals surface area (Å²) in [5.41, 5.74) is 9.82. The van der Waals surface area contributed by atoms with Crippen LogP contribution in [-0.2, 0) is 0 Å². The molecule has 3 aromatic rings. The third-order valence-electron chi connectivity index (χ3n) is 4.21. The summed E-state index contributed by atoms with van der Waals surface area (Å²) in [5, 5.41) is 5.49. The van der Waals surface area contributed by atoms with Crippen LogP contribution >= 0.6 is 23.2 Å². The van der Waals surface area contributed by atoms with E-state index in [0.717, 1.165) is 27.6 Å². The van der Waals surface area contributed by atoms with Crippen molar-refractivity contribution in [3.05, 3.63) is 82.2 Å². The van der Waals surface area contributed by atoms with E-state index in [1.165, 1.54) is 6.33 Å². The number of aromatic nitrogens is 2.